The summed E-state index contributed by atoms with van der Waals surface area (Å²) in [5, 5.41) is 2.96. The second-order valence-corrected chi connectivity index (χ2v) is 5.89. The molecule has 0 spiro atoms. The fraction of sp³-hybridized carbons (Fsp3) is 0.333. The molecule has 2 amide bonds. The summed E-state index contributed by atoms with van der Waals surface area (Å²) in [6, 6.07) is 11.1. The molecule has 1 aliphatic heterocycles. The fourth-order valence-electron chi connectivity index (χ4n) is 2.85. The summed E-state index contributed by atoms with van der Waals surface area (Å²) in [4.78, 5) is 26.3. The highest BCUT2D eigenvalue weighted by molar-refractivity contribution is 5.94. The van der Waals surface area contributed by atoms with Crippen molar-refractivity contribution in [2.24, 2.45) is 0 Å². The van der Waals surface area contributed by atoms with E-state index in [-0.39, 0.29) is 17.9 Å². The van der Waals surface area contributed by atoms with Gasteiger partial charge in [0, 0.05) is 24.7 Å². The van der Waals surface area contributed by atoms with Crippen molar-refractivity contribution >= 4 is 11.8 Å². The van der Waals surface area contributed by atoms with Gasteiger partial charge >= 0.3 is 0 Å². The van der Waals surface area contributed by atoms with Gasteiger partial charge in [-0.15, -0.1) is 0 Å². The van der Waals surface area contributed by atoms with E-state index in [2.05, 4.69) is 5.32 Å². The van der Waals surface area contributed by atoms with Gasteiger partial charge in [-0.2, -0.15) is 0 Å². The fourth-order valence-corrected chi connectivity index (χ4v) is 2.85. The number of carbonyl (C=O) groups is 2. The number of likely N-dealkylation sites (tertiary alicyclic amines) is 1. The first-order valence-electron chi connectivity index (χ1n) is 7.84. The maximum absolute atomic E-state index is 12.5. The predicted molar refractivity (Wildman–Crippen MR) is 86.3 cm³/mol. The molecule has 0 bridgehead atoms. The summed E-state index contributed by atoms with van der Waals surface area (Å²) in [5.74, 6) is 0.186. The Hall–Kier alpha value is -2.56. The summed E-state index contributed by atoms with van der Waals surface area (Å²) in [5.41, 5.74) is 1.81. The molecule has 5 nitrogen and oxygen atoms in total. The number of aryl methyl sites for hydroxylation is 1. The third-order valence-corrected chi connectivity index (χ3v) is 4.13. The van der Waals surface area contributed by atoms with Crippen molar-refractivity contribution in [3.63, 3.8) is 0 Å². The Kier molecular flexibility index (Phi) is 4.46. The lowest BCUT2D eigenvalue weighted by molar-refractivity contribution is 0.0695. The van der Waals surface area contributed by atoms with Crippen molar-refractivity contribution in [2.75, 3.05) is 13.1 Å². The van der Waals surface area contributed by atoms with Gasteiger partial charge in [-0.1, -0.05) is 17.7 Å². The number of nitrogens with one attached hydrogen (secondary N) is 1. The van der Waals surface area contributed by atoms with E-state index in [1.165, 1.54) is 6.26 Å². The second kappa shape index (κ2) is 6.69. The number of hydrogen-bond donors (Lipinski definition) is 1. The molecular weight excluding hydrogens is 292 g/mol. The smallest absolute Gasteiger partial charge is 0.287 e. The average Bonchev–Trinajstić information content (AvgIpc) is 3.09. The molecule has 5 heteroatoms. The van der Waals surface area contributed by atoms with Crippen LogP contribution in [0.5, 0.6) is 0 Å². The van der Waals surface area contributed by atoms with E-state index in [0.29, 0.717) is 18.8 Å². The summed E-state index contributed by atoms with van der Waals surface area (Å²) in [6.07, 6.45) is 2.99. The summed E-state index contributed by atoms with van der Waals surface area (Å²) in [6.45, 7) is 3.28. The van der Waals surface area contributed by atoms with E-state index in [4.69, 9.17) is 4.42 Å². The van der Waals surface area contributed by atoms with E-state index >= 15 is 0 Å². The molecule has 2 heterocycles. The number of amides is 2. The minimum Gasteiger partial charge on any atom is -0.459 e. The number of rotatable bonds is 3. The Morgan fingerprint density at radius 3 is 2.61 bits per heavy atom. The quantitative estimate of drug-likeness (QED) is 0.947. The molecule has 23 heavy (non-hydrogen) atoms. The number of piperidine rings is 1. The van der Waals surface area contributed by atoms with E-state index in [1.54, 1.807) is 12.1 Å². The van der Waals surface area contributed by atoms with Gasteiger partial charge in [0.1, 0.15) is 0 Å². The van der Waals surface area contributed by atoms with Gasteiger partial charge in [-0.25, -0.2) is 0 Å². The normalized spacial score (nSPS) is 15.4. The van der Waals surface area contributed by atoms with Crippen LogP contribution in [0.25, 0.3) is 0 Å². The van der Waals surface area contributed by atoms with Crippen LogP contribution in [0.1, 0.15) is 39.3 Å². The van der Waals surface area contributed by atoms with Crippen molar-refractivity contribution in [3.05, 3.63) is 59.5 Å². The summed E-state index contributed by atoms with van der Waals surface area (Å²) in [7, 11) is 0. The van der Waals surface area contributed by atoms with E-state index in [1.807, 2.05) is 36.1 Å². The van der Waals surface area contributed by atoms with Gasteiger partial charge in [0.25, 0.3) is 11.8 Å². The van der Waals surface area contributed by atoms with Crippen molar-refractivity contribution in [1.29, 1.82) is 0 Å². The Bertz CT molecular complexity index is 686. The highest BCUT2D eigenvalue weighted by Gasteiger charge is 2.25. The molecule has 0 saturated carbocycles. The molecule has 1 aromatic heterocycles. The van der Waals surface area contributed by atoms with Crippen LogP contribution in [-0.4, -0.2) is 35.8 Å². The highest BCUT2D eigenvalue weighted by atomic mass is 16.3. The zero-order valence-corrected chi connectivity index (χ0v) is 13.1. The second-order valence-electron chi connectivity index (χ2n) is 5.89. The molecule has 1 saturated heterocycles. The zero-order chi connectivity index (χ0) is 16.2. The van der Waals surface area contributed by atoms with Crippen LogP contribution in [0.2, 0.25) is 0 Å². The van der Waals surface area contributed by atoms with Crippen LogP contribution in [0.15, 0.2) is 47.1 Å². The van der Waals surface area contributed by atoms with Gasteiger partial charge in [0.05, 0.1) is 6.26 Å². The zero-order valence-electron chi connectivity index (χ0n) is 13.1. The van der Waals surface area contributed by atoms with Crippen LogP contribution in [0.3, 0.4) is 0 Å². The summed E-state index contributed by atoms with van der Waals surface area (Å²) < 4.78 is 5.09. The minimum absolute atomic E-state index is 0.0597. The molecule has 0 unspecified atom stereocenters. The highest BCUT2D eigenvalue weighted by Crippen LogP contribution is 2.15. The van der Waals surface area contributed by atoms with Crippen LogP contribution in [0.4, 0.5) is 0 Å². The number of furan rings is 1. The standard InChI is InChI=1S/C18H20N2O3/c1-13-4-2-5-14(12-13)18(22)20-9-7-15(8-10-20)19-17(21)16-6-3-11-23-16/h2-6,11-12,15H,7-10H2,1H3,(H,19,21). The van der Waals surface area contributed by atoms with Crippen LogP contribution in [0, 0.1) is 6.92 Å². The number of benzene rings is 1. The minimum atomic E-state index is -0.196. The largest absolute Gasteiger partial charge is 0.459 e. The monoisotopic (exact) mass is 312 g/mol. The lowest BCUT2D eigenvalue weighted by atomic mass is 10.0. The molecule has 0 atom stereocenters. The molecular formula is C18H20N2O3. The van der Waals surface area contributed by atoms with Crippen molar-refractivity contribution in [2.45, 2.75) is 25.8 Å². The lowest BCUT2D eigenvalue weighted by Gasteiger charge is -2.32. The van der Waals surface area contributed by atoms with E-state index in [9.17, 15) is 9.59 Å². The first-order chi connectivity index (χ1) is 11.1. The maximum Gasteiger partial charge on any atom is 0.287 e. The molecule has 0 radical (unpaired) electrons. The Morgan fingerprint density at radius 1 is 1.17 bits per heavy atom. The van der Waals surface area contributed by atoms with E-state index in [0.717, 1.165) is 24.0 Å². The topological polar surface area (TPSA) is 62.6 Å². The summed E-state index contributed by atoms with van der Waals surface area (Å²) >= 11 is 0. The van der Waals surface area contributed by atoms with Gasteiger partial charge in [-0.05, 0) is 44.0 Å². The van der Waals surface area contributed by atoms with Crippen molar-refractivity contribution in [3.8, 4) is 0 Å². The predicted octanol–water partition coefficient (Wildman–Crippen LogP) is 2.62. The third kappa shape index (κ3) is 3.62. The van der Waals surface area contributed by atoms with Crippen LogP contribution in [-0.2, 0) is 0 Å². The van der Waals surface area contributed by atoms with Crippen molar-refractivity contribution in [1.82, 2.24) is 10.2 Å². The molecule has 1 aliphatic rings. The van der Waals surface area contributed by atoms with E-state index < -0.39 is 0 Å². The maximum atomic E-state index is 12.5. The Labute approximate surface area is 135 Å². The first kappa shape index (κ1) is 15.3. The molecule has 1 aromatic carbocycles. The van der Waals surface area contributed by atoms with Crippen molar-refractivity contribution < 1.29 is 14.0 Å². The first-order valence-corrected chi connectivity index (χ1v) is 7.84. The van der Waals surface area contributed by atoms with Crippen LogP contribution < -0.4 is 5.32 Å². The van der Waals surface area contributed by atoms with Gasteiger partial charge < -0.3 is 14.6 Å². The van der Waals surface area contributed by atoms with Crippen LogP contribution >= 0.6 is 0 Å². The molecule has 1 fully saturated rings. The molecule has 120 valence electrons. The number of hydrogen-bond acceptors (Lipinski definition) is 3. The van der Waals surface area contributed by atoms with Gasteiger partial charge in [-0.3, -0.25) is 9.59 Å². The average molecular weight is 312 g/mol. The SMILES string of the molecule is Cc1cccc(C(=O)N2CCC(NC(=O)c3ccco3)CC2)c1. The molecule has 2 aromatic rings. The lowest BCUT2D eigenvalue weighted by Crippen LogP contribution is -2.46. The molecule has 3 rings (SSSR count). The Balaban J connectivity index is 1.54. The molecule has 0 aliphatic carbocycles. The number of nitrogens with zero attached hydrogens (tertiary/aromatic N) is 1. The van der Waals surface area contributed by atoms with Gasteiger partial charge in [0.15, 0.2) is 5.76 Å². The number of carbonyl (C=O) groups excluding carboxylic acids is 2. The molecule has 1 N–H and O–H groups in total. The Morgan fingerprint density at radius 2 is 1.96 bits per heavy atom. The van der Waals surface area contributed by atoms with Gasteiger partial charge in [0.2, 0.25) is 0 Å². The third-order valence-electron chi connectivity index (χ3n) is 4.13.